The Balaban J connectivity index is 1.74. The zero-order chi connectivity index (χ0) is 15.6. The fourth-order valence-electron chi connectivity index (χ4n) is 2.55. The van der Waals surface area contributed by atoms with E-state index < -0.39 is 0 Å². The van der Waals surface area contributed by atoms with Crippen LogP contribution in [0.1, 0.15) is 0 Å². The summed E-state index contributed by atoms with van der Waals surface area (Å²) < 4.78 is 5.80. The number of para-hydroxylation sites is 1. The van der Waals surface area contributed by atoms with E-state index in [2.05, 4.69) is 9.97 Å². The van der Waals surface area contributed by atoms with Crippen molar-refractivity contribution in [3.05, 3.63) is 72.9 Å². The minimum Gasteiger partial charge on any atom is -0.439 e. The molecule has 0 fully saturated rings. The van der Waals surface area contributed by atoms with E-state index in [-0.39, 0.29) is 0 Å². The van der Waals surface area contributed by atoms with Gasteiger partial charge in [-0.15, -0.1) is 0 Å². The Labute approximate surface area is 133 Å². The predicted octanol–water partition coefficient (Wildman–Crippen LogP) is 4.60. The van der Waals surface area contributed by atoms with E-state index in [1.807, 2.05) is 72.9 Å². The average molecular weight is 301 g/mol. The second kappa shape index (κ2) is 5.50. The van der Waals surface area contributed by atoms with E-state index in [1.54, 1.807) is 0 Å². The lowest BCUT2D eigenvalue weighted by atomic mass is 10.1. The Morgan fingerprint density at radius 2 is 1.74 bits per heavy atom. The SMILES string of the molecule is Nc1cc[nH]c1-c1ccc2ccc(Oc3ccccc3)nc2c1. The highest BCUT2D eigenvalue weighted by molar-refractivity contribution is 5.86. The lowest BCUT2D eigenvalue weighted by Gasteiger charge is -2.07. The zero-order valence-corrected chi connectivity index (χ0v) is 12.4. The lowest BCUT2D eigenvalue weighted by molar-refractivity contribution is 0.465. The van der Waals surface area contributed by atoms with E-state index in [0.29, 0.717) is 5.88 Å². The maximum Gasteiger partial charge on any atom is 0.219 e. The number of fused-ring (bicyclic) bond motifs is 1. The molecule has 0 spiro atoms. The summed E-state index contributed by atoms with van der Waals surface area (Å²) in [6.07, 6.45) is 1.83. The predicted molar refractivity (Wildman–Crippen MR) is 92.5 cm³/mol. The largest absolute Gasteiger partial charge is 0.439 e. The molecular weight excluding hydrogens is 286 g/mol. The molecule has 0 aliphatic carbocycles. The third kappa shape index (κ3) is 2.62. The fraction of sp³-hybridized carbons (Fsp3) is 0. The van der Waals surface area contributed by atoms with E-state index in [9.17, 15) is 0 Å². The molecule has 0 unspecified atom stereocenters. The first-order chi connectivity index (χ1) is 11.3. The van der Waals surface area contributed by atoms with Crippen LogP contribution >= 0.6 is 0 Å². The number of anilines is 1. The van der Waals surface area contributed by atoms with Gasteiger partial charge in [0.05, 0.1) is 16.9 Å². The third-order valence-corrected chi connectivity index (χ3v) is 3.70. The molecule has 112 valence electrons. The van der Waals surface area contributed by atoms with Gasteiger partial charge in [0, 0.05) is 23.2 Å². The number of nitrogens with two attached hydrogens (primary N) is 1. The molecule has 3 N–H and O–H groups in total. The minimum absolute atomic E-state index is 0.570. The molecule has 2 aromatic carbocycles. The highest BCUT2D eigenvalue weighted by atomic mass is 16.5. The number of nitrogen functional groups attached to an aromatic ring is 1. The zero-order valence-electron chi connectivity index (χ0n) is 12.4. The molecule has 0 aliphatic rings. The highest BCUT2D eigenvalue weighted by Gasteiger charge is 2.06. The van der Waals surface area contributed by atoms with Crippen molar-refractivity contribution in [2.24, 2.45) is 0 Å². The van der Waals surface area contributed by atoms with Gasteiger partial charge in [0.2, 0.25) is 5.88 Å². The molecule has 0 atom stereocenters. The second-order valence-electron chi connectivity index (χ2n) is 5.28. The van der Waals surface area contributed by atoms with Crippen molar-refractivity contribution in [3.63, 3.8) is 0 Å². The van der Waals surface area contributed by atoms with Crippen molar-refractivity contribution in [2.45, 2.75) is 0 Å². The maximum absolute atomic E-state index is 5.97. The first-order valence-electron chi connectivity index (χ1n) is 7.36. The Morgan fingerprint density at radius 1 is 0.913 bits per heavy atom. The van der Waals surface area contributed by atoms with E-state index in [4.69, 9.17) is 10.5 Å². The Bertz CT molecular complexity index is 961. The minimum atomic E-state index is 0.570. The molecule has 23 heavy (non-hydrogen) atoms. The van der Waals surface area contributed by atoms with Gasteiger partial charge in [-0.3, -0.25) is 0 Å². The summed E-state index contributed by atoms with van der Waals surface area (Å²) in [5.74, 6) is 1.34. The number of nitrogens with one attached hydrogen (secondary N) is 1. The van der Waals surface area contributed by atoms with Gasteiger partial charge < -0.3 is 15.5 Å². The number of pyridine rings is 1. The number of hydrogen-bond acceptors (Lipinski definition) is 3. The number of H-pyrrole nitrogens is 1. The van der Waals surface area contributed by atoms with E-state index in [0.717, 1.165) is 33.6 Å². The summed E-state index contributed by atoms with van der Waals surface area (Å²) in [6, 6.07) is 21.4. The Hall–Kier alpha value is -3.27. The van der Waals surface area contributed by atoms with Gasteiger partial charge in [0.15, 0.2) is 0 Å². The smallest absolute Gasteiger partial charge is 0.219 e. The van der Waals surface area contributed by atoms with Crippen molar-refractivity contribution in [2.75, 3.05) is 5.73 Å². The van der Waals surface area contributed by atoms with Crippen LogP contribution < -0.4 is 10.5 Å². The van der Waals surface area contributed by atoms with Gasteiger partial charge >= 0.3 is 0 Å². The normalized spacial score (nSPS) is 10.8. The standard InChI is InChI=1S/C19H15N3O/c20-16-10-11-21-19(16)14-7-6-13-8-9-18(22-17(13)12-14)23-15-4-2-1-3-5-15/h1-12,21H,20H2. The molecule has 4 rings (SSSR count). The molecular formula is C19H15N3O. The molecule has 2 heterocycles. The van der Waals surface area contributed by atoms with Crippen molar-refractivity contribution in [1.29, 1.82) is 0 Å². The third-order valence-electron chi connectivity index (χ3n) is 3.70. The molecule has 0 saturated carbocycles. The van der Waals surface area contributed by atoms with Gasteiger partial charge in [-0.05, 0) is 30.3 Å². The second-order valence-corrected chi connectivity index (χ2v) is 5.28. The van der Waals surface area contributed by atoms with Crippen LogP contribution in [0.25, 0.3) is 22.2 Å². The van der Waals surface area contributed by atoms with Gasteiger partial charge in [-0.2, -0.15) is 0 Å². The number of ether oxygens (including phenoxy) is 1. The van der Waals surface area contributed by atoms with Gasteiger partial charge in [0.25, 0.3) is 0 Å². The van der Waals surface area contributed by atoms with Crippen LogP contribution in [-0.2, 0) is 0 Å². The average Bonchev–Trinajstić information content (AvgIpc) is 3.01. The van der Waals surface area contributed by atoms with Gasteiger partial charge in [0.1, 0.15) is 5.75 Å². The van der Waals surface area contributed by atoms with Crippen LogP contribution in [-0.4, -0.2) is 9.97 Å². The number of aromatic nitrogens is 2. The quantitative estimate of drug-likeness (QED) is 0.581. The summed E-state index contributed by atoms with van der Waals surface area (Å²) in [7, 11) is 0. The number of nitrogens with zero attached hydrogens (tertiary/aromatic N) is 1. The van der Waals surface area contributed by atoms with Crippen molar-refractivity contribution in [3.8, 4) is 22.9 Å². The highest BCUT2D eigenvalue weighted by Crippen LogP contribution is 2.28. The van der Waals surface area contributed by atoms with Gasteiger partial charge in [-0.25, -0.2) is 4.98 Å². The molecule has 4 aromatic rings. The van der Waals surface area contributed by atoms with Gasteiger partial charge in [-0.1, -0.05) is 30.3 Å². The Morgan fingerprint density at radius 3 is 2.52 bits per heavy atom. The number of aromatic amines is 1. The maximum atomic E-state index is 5.97. The molecule has 0 bridgehead atoms. The first kappa shape index (κ1) is 13.4. The molecule has 0 amide bonds. The summed E-state index contributed by atoms with van der Waals surface area (Å²) in [4.78, 5) is 7.75. The molecule has 4 heteroatoms. The van der Waals surface area contributed by atoms with Crippen molar-refractivity contribution < 1.29 is 4.74 Å². The topological polar surface area (TPSA) is 63.9 Å². The van der Waals surface area contributed by atoms with Crippen LogP contribution in [0.15, 0.2) is 72.9 Å². The summed E-state index contributed by atoms with van der Waals surface area (Å²) in [5, 5.41) is 1.05. The summed E-state index contributed by atoms with van der Waals surface area (Å²) in [5.41, 5.74) is 9.47. The molecule has 0 aliphatic heterocycles. The van der Waals surface area contributed by atoms with E-state index >= 15 is 0 Å². The number of rotatable bonds is 3. The fourth-order valence-corrected chi connectivity index (χ4v) is 2.55. The lowest BCUT2D eigenvalue weighted by Crippen LogP contribution is -1.90. The van der Waals surface area contributed by atoms with Crippen LogP contribution in [0.4, 0.5) is 5.69 Å². The summed E-state index contributed by atoms with van der Waals surface area (Å²) in [6.45, 7) is 0. The molecule has 4 nitrogen and oxygen atoms in total. The molecule has 0 saturated heterocycles. The molecule has 0 radical (unpaired) electrons. The Kier molecular flexibility index (Phi) is 3.20. The number of hydrogen-bond donors (Lipinski definition) is 2. The van der Waals surface area contributed by atoms with Crippen LogP contribution in [0.3, 0.4) is 0 Å². The van der Waals surface area contributed by atoms with Crippen molar-refractivity contribution >= 4 is 16.6 Å². The van der Waals surface area contributed by atoms with Crippen LogP contribution in [0.5, 0.6) is 11.6 Å². The molecule has 2 aromatic heterocycles. The van der Waals surface area contributed by atoms with Crippen molar-refractivity contribution in [1.82, 2.24) is 9.97 Å². The first-order valence-corrected chi connectivity index (χ1v) is 7.36. The monoisotopic (exact) mass is 301 g/mol. The van der Waals surface area contributed by atoms with Crippen LogP contribution in [0.2, 0.25) is 0 Å². The number of benzene rings is 2. The summed E-state index contributed by atoms with van der Waals surface area (Å²) >= 11 is 0. The van der Waals surface area contributed by atoms with E-state index in [1.165, 1.54) is 0 Å². The van der Waals surface area contributed by atoms with Crippen LogP contribution in [0, 0.1) is 0 Å².